The number of pyridine rings is 1. The van der Waals surface area contributed by atoms with Crippen molar-refractivity contribution >= 4 is 16.9 Å². The predicted molar refractivity (Wildman–Crippen MR) is 103 cm³/mol. The summed E-state index contributed by atoms with van der Waals surface area (Å²) in [4.78, 5) is 17.5. The lowest BCUT2D eigenvalue weighted by atomic mass is 9.89. The minimum atomic E-state index is -0.220. The molecule has 0 aliphatic rings. The summed E-state index contributed by atoms with van der Waals surface area (Å²) < 4.78 is 7.04. The van der Waals surface area contributed by atoms with Crippen LogP contribution < -0.4 is 4.74 Å². The van der Waals surface area contributed by atoms with E-state index in [1.807, 2.05) is 18.2 Å². The fourth-order valence-electron chi connectivity index (χ4n) is 3.43. The third-order valence-electron chi connectivity index (χ3n) is 4.84. The standard InChI is InChI=1S/C21H25N3O2/c1-4-6-9-15(5-2)17-11-7-12-18(19(17)26-3)21(25)24-20-16(14-23-24)10-8-13-22-20/h7-8,10-15H,4-6,9H2,1-3H3. The van der Waals surface area contributed by atoms with E-state index in [1.54, 1.807) is 25.6 Å². The van der Waals surface area contributed by atoms with Crippen molar-refractivity contribution in [1.82, 2.24) is 14.8 Å². The lowest BCUT2D eigenvalue weighted by Gasteiger charge is -2.20. The van der Waals surface area contributed by atoms with Crippen molar-refractivity contribution in [2.75, 3.05) is 7.11 Å². The second kappa shape index (κ2) is 8.13. The van der Waals surface area contributed by atoms with Crippen molar-refractivity contribution in [3.63, 3.8) is 0 Å². The van der Waals surface area contributed by atoms with Crippen LogP contribution in [0.4, 0.5) is 0 Å². The fourth-order valence-corrected chi connectivity index (χ4v) is 3.43. The highest BCUT2D eigenvalue weighted by Gasteiger charge is 2.23. The number of aromatic nitrogens is 3. The van der Waals surface area contributed by atoms with Crippen molar-refractivity contribution in [1.29, 1.82) is 0 Å². The van der Waals surface area contributed by atoms with Crippen LogP contribution in [0.2, 0.25) is 0 Å². The van der Waals surface area contributed by atoms with Gasteiger partial charge in [0.1, 0.15) is 5.75 Å². The third-order valence-corrected chi connectivity index (χ3v) is 4.84. The number of unbranched alkanes of at least 4 members (excludes halogenated alkanes) is 1. The lowest BCUT2D eigenvalue weighted by Crippen LogP contribution is -2.16. The molecule has 26 heavy (non-hydrogen) atoms. The summed E-state index contributed by atoms with van der Waals surface area (Å²) in [7, 11) is 1.63. The van der Waals surface area contributed by atoms with E-state index in [9.17, 15) is 4.79 Å². The molecule has 1 atom stereocenters. The van der Waals surface area contributed by atoms with Crippen LogP contribution >= 0.6 is 0 Å². The summed E-state index contributed by atoms with van der Waals surface area (Å²) in [6.45, 7) is 4.37. The second-order valence-electron chi connectivity index (χ2n) is 6.45. The van der Waals surface area contributed by atoms with E-state index in [0.29, 0.717) is 22.9 Å². The highest BCUT2D eigenvalue weighted by Crippen LogP contribution is 2.35. The van der Waals surface area contributed by atoms with E-state index in [0.717, 1.165) is 36.6 Å². The first-order valence-electron chi connectivity index (χ1n) is 9.21. The number of para-hydroxylation sites is 1. The molecule has 1 unspecified atom stereocenters. The zero-order chi connectivity index (χ0) is 18.5. The molecule has 2 heterocycles. The van der Waals surface area contributed by atoms with Gasteiger partial charge in [-0.3, -0.25) is 4.79 Å². The smallest absolute Gasteiger partial charge is 0.283 e. The highest BCUT2D eigenvalue weighted by molar-refractivity contribution is 6.02. The molecule has 5 nitrogen and oxygen atoms in total. The number of ether oxygens (including phenoxy) is 1. The number of hydrogen-bond donors (Lipinski definition) is 0. The van der Waals surface area contributed by atoms with Crippen LogP contribution in [0.1, 0.15) is 61.4 Å². The number of nitrogens with zero attached hydrogens (tertiary/aromatic N) is 3. The van der Waals surface area contributed by atoms with Crippen molar-refractivity contribution in [3.05, 3.63) is 53.9 Å². The average Bonchev–Trinajstić information content (AvgIpc) is 3.12. The van der Waals surface area contributed by atoms with Crippen molar-refractivity contribution in [3.8, 4) is 5.75 Å². The Morgan fingerprint density at radius 3 is 2.81 bits per heavy atom. The number of rotatable bonds is 7. The molecule has 0 N–H and O–H groups in total. The molecule has 0 amide bonds. The molecule has 5 heteroatoms. The van der Waals surface area contributed by atoms with Gasteiger partial charge in [-0.1, -0.05) is 38.8 Å². The molecule has 0 aliphatic heterocycles. The van der Waals surface area contributed by atoms with Gasteiger partial charge in [0.15, 0.2) is 5.65 Å². The van der Waals surface area contributed by atoms with E-state index >= 15 is 0 Å². The van der Waals surface area contributed by atoms with Gasteiger partial charge in [0, 0.05) is 11.6 Å². The zero-order valence-electron chi connectivity index (χ0n) is 15.6. The van der Waals surface area contributed by atoms with Gasteiger partial charge in [0.05, 0.1) is 18.9 Å². The minimum Gasteiger partial charge on any atom is -0.496 e. The van der Waals surface area contributed by atoms with Crippen LogP contribution in [-0.2, 0) is 0 Å². The van der Waals surface area contributed by atoms with E-state index in [2.05, 4.69) is 30.0 Å². The Labute approximate surface area is 154 Å². The number of hydrogen-bond acceptors (Lipinski definition) is 4. The highest BCUT2D eigenvalue weighted by atomic mass is 16.5. The molecular formula is C21H25N3O2. The molecule has 2 aromatic heterocycles. The lowest BCUT2D eigenvalue weighted by molar-refractivity contribution is 0.0946. The third kappa shape index (κ3) is 3.34. The summed E-state index contributed by atoms with van der Waals surface area (Å²) >= 11 is 0. The minimum absolute atomic E-state index is 0.220. The summed E-state index contributed by atoms with van der Waals surface area (Å²) in [6.07, 6.45) is 7.75. The predicted octanol–water partition coefficient (Wildman–Crippen LogP) is 4.81. The van der Waals surface area contributed by atoms with Crippen LogP contribution in [-0.4, -0.2) is 27.8 Å². The Balaban J connectivity index is 2.04. The molecule has 136 valence electrons. The average molecular weight is 351 g/mol. The first-order chi connectivity index (χ1) is 12.7. The van der Waals surface area contributed by atoms with Crippen molar-refractivity contribution in [2.45, 2.75) is 45.4 Å². The van der Waals surface area contributed by atoms with Crippen molar-refractivity contribution in [2.24, 2.45) is 0 Å². The Kier molecular flexibility index (Phi) is 5.66. The van der Waals surface area contributed by atoms with Crippen LogP contribution in [0.25, 0.3) is 11.0 Å². The van der Waals surface area contributed by atoms with Gasteiger partial charge in [-0.05, 0) is 42.5 Å². The molecule has 0 bridgehead atoms. The molecule has 0 spiro atoms. The normalized spacial score (nSPS) is 12.3. The van der Waals surface area contributed by atoms with Gasteiger partial charge in [-0.2, -0.15) is 9.78 Å². The molecule has 1 aromatic carbocycles. The summed E-state index contributed by atoms with van der Waals surface area (Å²) in [5.41, 5.74) is 2.18. The molecule has 0 saturated heterocycles. The van der Waals surface area contributed by atoms with Crippen LogP contribution in [0, 0.1) is 0 Å². The maximum atomic E-state index is 13.2. The maximum Gasteiger partial charge on any atom is 0.283 e. The zero-order valence-corrected chi connectivity index (χ0v) is 15.6. The quantitative estimate of drug-likeness (QED) is 0.613. The fraction of sp³-hybridized carbons (Fsp3) is 0.381. The number of methoxy groups -OCH3 is 1. The SMILES string of the molecule is CCCCC(CC)c1cccc(C(=O)n2ncc3cccnc32)c1OC. The summed E-state index contributed by atoms with van der Waals surface area (Å²) in [5, 5.41) is 5.08. The van der Waals surface area contributed by atoms with E-state index in [4.69, 9.17) is 4.74 Å². The first kappa shape index (κ1) is 18.1. The van der Waals surface area contributed by atoms with Crippen LogP contribution in [0.5, 0.6) is 5.75 Å². The molecular weight excluding hydrogens is 326 g/mol. The van der Waals surface area contributed by atoms with Crippen molar-refractivity contribution < 1.29 is 9.53 Å². The first-order valence-corrected chi connectivity index (χ1v) is 9.21. The van der Waals surface area contributed by atoms with Gasteiger partial charge >= 0.3 is 0 Å². The largest absolute Gasteiger partial charge is 0.496 e. The monoisotopic (exact) mass is 351 g/mol. The summed E-state index contributed by atoms with van der Waals surface area (Å²) in [5.74, 6) is 0.813. The molecule has 3 aromatic rings. The van der Waals surface area contributed by atoms with Gasteiger partial charge in [-0.25, -0.2) is 4.98 Å². The van der Waals surface area contributed by atoms with Gasteiger partial charge in [0.25, 0.3) is 5.91 Å². The topological polar surface area (TPSA) is 57.0 Å². The van der Waals surface area contributed by atoms with Gasteiger partial charge in [0.2, 0.25) is 0 Å². The molecule has 0 radical (unpaired) electrons. The second-order valence-corrected chi connectivity index (χ2v) is 6.45. The molecule has 0 saturated carbocycles. The number of carbonyl (C=O) groups is 1. The summed E-state index contributed by atoms with van der Waals surface area (Å²) in [6, 6.07) is 9.52. The Hall–Kier alpha value is -2.69. The number of fused-ring (bicyclic) bond motifs is 1. The van der Waals surface area contributed by atoms with Crippen LogP contribution in [0.3, 0.4) is 0 Å². The molecule has 3 rings (SSSR count). The van der Waals surface area contributed by atoms with E-state index in [-0.39, 0.29) is 5.91 Å². The van der Waals surface area contributed by atoms with Gasteiger partial charge < -0.3 is 4.74 Å². The number of benzene rings is 1. The van der Waals surface area contributed by atoms with Gasteiger partial charge in [-0.15, -0.1) is 0 Å². The number of carbonyl (C=O) groups excluding carboxylic acids is 1. The van der Waals surface area contributed by atoms with Crippen LogP contribution in [0.15, 0.2) is 42.7 Å². The van der Waals surface area contributed by atoms with E-state index in [1.165, 1.54) is 4.68 Å². The molecule has 0 aliphatic carbocycles. The molecule has 0 fully saturated rings. The Morgan fingerprint density at radius 2 is 2.08 bits per heavy atom. The van der Waals surface area contributed by atoms with E-state index < -0.39 is 0 Å². The Morgan fingerprint density at radius 1 is 1.23 bits per heavy atom. The maximum absolute atomic E-state index is 13.2. The Bertz CT molecular complexity index is 901.